The first-order valence-electron chi connectivity index (χ1n) is 8.25. The molecule has 4 aromatic rings. The molecule has 0 spiro atoms. The van der Waals surface area contributed by atoms with Gasteiger partial charge in [-0.25, -0.2) is 9.78 Å². The SMILES string of the molecule is COc1ccc(/C=N\Nc2ncc(-c3cc4cc(Br)ccc4oc3=O)s2)cc1. The maximum atomic E-state index is 12.3. The van der Waals surface area contributed by atoms with E-state index in [0.717, 1.165) is 21.2 Å². The maximum Gasteiger partial charge on any atom is 0.345 e. The maximum absolute atomic E-state index is 12.3. The van der Waals surface area contributed by atoms with Crippen LogP contribution < -0.4 is 15.8 Å². The van der Waals surface area contributed by atoms with Crippen LogP contribution in [0.5, 0.6) is 5.75 Å². The molecule has 0 radical (unpaired) electrons. The molecule has 2 aromatic carbocycles. The van der Waals surface area contributed by atoms with Gasteiger partial charge in [0.2, 0.25) is 5.13 Å². The molecule has 0 fully saturated rings. The van der Waals surface area contributed by atoms with E-state index >= 15 is 0 Å². The molecule has 0 bridgehead atoms. The molecule has 2 aromatic heterocycles. The van der Waals surface area contributed by atoms with Crippen molar-refractivity contribution in [2.45, 2.75) is 0 Å². The van der Waals surface area contributed by atoms with Crippen LogP contribution in [0.15, 0.2) is 73.5 Å². The molecule has 4 rings (SSSR count). The van der Waals surface area contributed by atoms with Crippen LogP contribution in [-0.4, -0.2) is 18.3 Å². The number of hydrazone groups is 1. The van der Waals surface area contributed by atoms with Gasteiger partial charge in [-0.2, -0.15) is 5.10 Å². The first kappa shape index (κ1) is 18.4. The average molecular weight is 456 g/mol. The molecule has 0 atom stereocenters. The van der Waals surface area contributed by atoms with E-state index < -0.39 is 5.63 Å². The van der Waals surface area contributed by atoms with E-state index in [1.54, 1.807) is 25.6 Å². The summed E-state index contributed by atoms with van der Waals surface area (Å²) in [5, 5.41) is 5.60. The highest BCUT2D eigenvalue weighted by Crippen LogP contribution is 2.29. The Balaban J connectivity index is 1.54. The standard InChI is InChI=1S/C20H14BrN3O3S/c1-26-15-5-2-12(3-6-15)10-23-24-20-22-11-18(28-20)16-9-13-8-14(21)4-7-17(13)27-19(16)25/h2-11H,1H3,(H,22,24)/b23-10-. The van der Waals surface area contributed by atoms with Gasteiger partial charge in [-0.05, 0) is 54.1 Å². The Morgan fingerprint density at radius 2 is 2.04 bits per heavy atom. The molecule has 0 unspecified atom stereocenters. The van der Waals surface area contributed by atoms with Crippen molar-refractivity contribution >= 4 is 49.6 Å². The summed E-state index contributed by atoms with van der Waals surface area (Å²) in [6, 6.07) is 14.8. The first-order chi connectivity index (χ1) is 13.6. The molecule has 140 valence electrons. The Morgan fingerprint density at radius 1 is 1.21 bits per heavy atom. The minimum absolute atomic E-state index is 0.397. The van der Waals surface area contributed by atoms with Crippen LogP contribution >= 0.6 is 27.3 Å². The summed E-state index contributed by atoms with van der Waals surface area (Å²) < 4.78 is 11.5. The minimum atomic E-state index is -0.397. The summed E-state index contributed by atoms with van der Waals surface area (Å²) in [6.07, 6.45) is 3.31. The van der Waals surface area contributed by atoms with Crippen LogP contribution in [0.2, 0.25) is 0 Å². The fourth-order valence-corrected chi connectivity index (χ4v) is 3.72. The van der Waals surface area contributed by atoms with Crippen LogP contribution in [-0.2, 0) is 0 Å². The van der Waals surface area contributed by atoms with Gasteiger partial charge in [0.15, 0.2) is 0 Å². The Bertz CT molecular complexity index is 1220. The third-order valence-corrected chi connectivity index (χ3v) is 5.38. The lowest BCUT2D eigenvalue weighted by Crippen LogP contribution is -2.01. The van der Waals surface area contributed by atoms with E-state index in [-0.39, 0.29) is 0 Å². The zero-order valence-corrected chi connectivity index (χ0v) is 17.1. The van der Waals surface area contributed by atoms with E-state index in [0.29, 0.717) is 21.2 Å². The molecule has 0 saturated heterocycles. The molecule has 0 saturated carbocycles. The fourth-order valence-electron chi connectivity index (χ4n) is 2.57. The van der Waals surface area contributed by atoms with E-state index in [4.69, 9.17) is 9.15 Å². The zero-order chi connectivity index (χ0) is 19.5. The van der Waals surface area contributed by atoms with E-state index in [1.807, 2.05) is 42.5 Å². The number of hydrogen-bond acceptors (Lipinski definition) is 7. The van der Waals surface area contributed by atoms with Crippen LogP contribution in [0.25, 0.3) is 21.4 Å². The van der Waals surface area contributed by atoms with Crippen molar-refractivity contribution in [2.24, 2.45) is 5.10 Å². The summed E-state index contributed by atoms with van der Waals surface area (Å²) in [5.74, 6) is 0.788. The number of ether oxygens (including phenoxy) is 1. The van der Waals surface area contributed by atoms with Gasteiger partial charge < -0.3 is 9.15 Å². The zero-order valence-electron chi connectivity index (χ0n) is 14.7. The van der Waals surface area contributed by atoms with E-state index in [2.05, 4.69) is 31.4 Å². The molecule has 0 amide bonds. The van der Waals surface area contributed by atoms with E-state index in [1.165, 1.54) is 11.3 Å². The van der Waals surface area contributed by atoms with Crippen molar-refractivity contribution < 1.29 is 9.15 Å². The topological polar surface area (TPSA) is 76.7 Å². The number of thiazole rings is 1. The lowest BCUT2D eigenvalue weighted by Gasteiger charge is -2.00. The molecule has 1 N–H and O–H groups in total. The summed E-state index contributed by atoms with van der Waals surface area (Å²) in [5.41, 5.74) is 4.42. The molecule has 0 aliphatic carbocycles. The van der Waals surface area contributed by atoms with Gasteiger partial charge in [0.05, 0.1) is 23.8 Å². The van der Waals surface area contributed by atoms with Gasteiger partial charge in [0.25, 0.3) is 0 Å². The molecule has 2 heterocycles. The van der Waals surface area contributed by atoms with Crippen LogP contribution in [0, 0.1) is 0 Å². The highest BCUT2D eigenvalue weighted by molar-refractivity contribution is 9.10. The number of anilines is 1. The quantitative estimate of drug-likeness (QED) is 0.256. The third-order valence-electron chi connectivity index (χ3n) is 3.96. The third kappa shape index (κ3) is 3.97. The van der Waals surface area contributed by atoms with Crippen molar-refractivity contribution in [3.8, 4) is 16.2 Å². The molecule has 0 aliphatic rings. The van der Waals surface area contributed by atoms with Gasteiger partial charge in [0.1, 0.15) is 11.3 Å². The number of nitrogens with one attached hydrogen (secondary N) is 1. The molecular formula is C20H14BrN3O3S. The van der Waals surface area contributed by atoms with Gasteiger partial charge in [-0.3, -0.25) is 5.43 Å². The Hall–Kier alpha value is -2.97. The van der Waals surface area contributed by atoms with Gasteiger partial charge in [0, 0.05) is 16.1 Å². The number of benzene rings is 2. The second-order valence-electron chi connectivity index (χ2n) is 5.80. The van der Waals surface area contributed by atoms with Crippen molar-refractivity contribution in [3.05, 3.63) is 75.2 Å². The number of methoxy groups -OCH3 is 1. The van der Waals surface area contributed by atoms with Gasteiger partial charge in [-0.15, -0.1) is 0 Å². The molecule has 0 aliphatic heterocycles. The fraction of sp³-hybridized carbons (Fsp3) is 0.0500. The first-order valence-corrected chi connectivity index (χ1v) is 9.86. The highest BCUT2D eigenvalue weighted by Gasteiger charge is 2.11. The summed E-state index contributed by atoms with van der Waals surface area (Å²) >= 11 is 4.76. The van der Waals surface area contributed by atoms with Crippen molar-refractivity contribution in [3.63, 3.8) is 0 Å². The summed E-state index contributed by atoms with van der Waals surface area (Å²) in [4.78, 5) is 17.3. The highest BCUT2D eigenvalue weighted by atomic mass is 79.9. The van der Waals surface area contributed by atoms with E-state index in [9.17, 15) is 4.79 Å². The second-order valence-corrected chi connectivity index (χ2v) is 7.75. The van der Waals surface area contributed by atoms with Crippen LogP contribution in [0.1, 0.15) is 5.56 Å². The Morgan fingerprint density at radius 3 is 2.82 bits per heavy atom. The summed E-state index contributed by atoms with van der Waals surface area (Å²) in [6.45, 7) is 0. The van der Waals surface area contributed by atoms with Crippen LogP contribution in [0.3, 0.4) is 0 Å². The number of halogens is 1. The van der Waals surface area contributed by atoms with Crippen molar-refractivity contribution in [1.82, 2.24) is 4.98 Å². The predicted molar refractivity (Wildman–Crippen MR) is 116 cm³/mol. The monoisotopic (exact) mass is 455 g/mol. The molecule has 8 heteroatoms. The lowest BCUT2D eigenvalue weighted by atomic mass is 10.2. The Labute approximate surface area is 172 Å². The molecule has 6 nitrogen and oxygen atoms in total. The van der Waals surface area contributed by atoms with Crippen molar-refractivity contribution in [1.29, 1.82) is 0 Å². The number of nitrogens with zero attached hydrogens (tertiary/aromatic N) is 2. The Kier molecular flexibility index (Phi) is 5.23. The van der Waals surface area contributed by atoms with Gasteiger partial charge in [-0.1, -0.05) is 27.3 Å². The van der Waals surface area contributed by atoms with Crippen molar-refractivity contribution in [2.75, 3.05) is 12.5 Å². The molecular weight excluding hydrogens is 442 g/mol. The van der Waals surface area contributed by atoms with Crippen LogP contribution in [0.4, 0.5) is 5.13 Å². The summed E-state index contributed by atoms with van der Waals surface area (Å²) in [7, 11) is 1.62. The number of fused-ring (bicyclic) bond motifs is 1. The average Bonchev–Trinajstić information content (AvgIpc) is 3.17. The number of aromatic nitrogens is 1. The largest absolute Gasteiger partial charge is 0.497 e. The van der Waals surface area contributed by atoms with Gasteiger partial charge >= 0.3 is 5.63 Å². The molecule has 28 heavy (non-hydrogen) atoms. The number of hydrogen-bond donors (Lipinski definition) is 1. The second kappa shape index (κ2) is 7.95. The smallest absolute Gasteiger partial charge is 0.345 e. The number of rotatable bonds is 5. The predicted octanol–water partition coefficient (Wildman–Crippen LogP) is 5.13. The minimum Gasteiger partial charge on any atom is -0.497 e. The normalized spacial score (nSPS) is 11.2. The lowest BCUT2D eigenvalue weighted by molar-refractivity contribution is 0.415.